The number of nitrogens with one attached hydrogen (secondary N) is 5. The van der Waals surface area contributed by atoms with Crippen molar-refractivity contribution in [1.82, 2.24) is 25.8 Å². The highest BCUT2D eigenvalue weighted by atomic mass is 32.2. The first kappa shape index (κ1) is 38.1. The summed E-state index contributed by atoms with van der Waals surface area (Å²) in [6.07, 6.45) is -0.106. The van der Waals surface area contributed by atoms with Crippen LogP contribution in [0.3, 0.4) is 0 Å². The number of aromatic hydroxyl groups is 1. The second kappa shape index (κ2) is 15.2. The Hall–Kier alpha value is -6.17. The maximum absolute atomic E-state index is 13.6. The first-order chi connectivity index (χ1) is 25.0. The number of nitrogens with two attached hydrogens (primary N) is 1. The number of β-lactam (4-membered cyclic amide) rings is 1. The van der Waals surface area contributed by atoms with Crippen LogP contribution in [0.4, 0.5) is 5.69 Å². The Bertz CT molecular complexity index is 2030. The first-order valence-electron chi connectivity index (χ1n) is 16.3. The molecule has 9 N–H and O–H groups in total. The van der Waals surface area contributed by atoms with Gasteiger partial charge in [0, 0.05) is 29.5 Å². The zero-order valence-corrected chi connectivity index (χ0v) is 29.5. The average Bonchev–Trinajstić information content (AvgIpc) is 3.35. The number of H-pyrrole nitrogens is 1. The van der Waals surface area contributed by atoms with Crippen LogP contribution in [0.5, 0.6) is 5.75 Å². The number of thioether (sulfide) groups is 1. The summed E-state index contributed by atoms with van der Waals surface area (Å²) in [6, 6.07) is 9.83. The Labute approximate surface area is 306 Å². The Morgan fingerprint density at radius 2 is 1.60 bits per heavy atom. The van der Waals surface area contributed by atoms with Gasteiger partial charge in [0.2, 0.25) is 29.5 Å². The summed E-state index contributed by atoms with van der Waals surface area (Å²) in [6.45, 7) is 4.63. The molecule has 18 heteroatoms. The summed E-state index contributed by atoms with van der Waals surface area (Å²) in [7, 11) is 0. The second-order valence-electron chi connectivity index (χ2n) is 13.0. The normalized spacial score (nSPS) is 19.5. The number of carboxylic acids is 1. The van der Waals surface area contributed by atoms with Crippen molar-refractivity contribution in [3.8, 4) is 17.0 Å². The van der Waals surface area contributed by atoms with Gasteiger partial charge in [-0.05, 0) is 67.8 Å². The molecule has 5 atom stereocenters. The molecule has 278 valence electrons. The number of nitrogens with zero attached hydrogens (tertiary/aromatic N) is 1. The lowest BCUT2D eigenvalue weighted by Gasteiger charge is -2.44. The van der Waals surface area contributed by atoms with E-state index in [0.29, 0.717) is 16.9 Å². The molecular formula is C35H37N7O10S. The number of aliphatic carboxylic acids is 1. The van der Waals surface area contributed by atoms with Crippen LogP contribution in [0.25, 0.3) is 11.3 Å². The van der Waals surface area contributed by atoms with Crippen LogP contribution < -0.4 is 32.6 Å². The van der Waals surface area contributed by atoms with Crippen LogP contribution in [0, 0.1) is 0 Å². The van der Waals surface area contributed by atoms with Gasteiger partial charge in [-0.3, -0.25) is 33.6 Å². The van der Waals surface area contributed by atoms with E-state index in [4.69, 9.17) is 5.73 Å². The molecule has 3 aromatic rings. The van der Waals surface area contributed by atoms with Crippen LogP contribution in [-0.4, -0.2) is 89.8 Å². The monoisotopic (exact) mass is 747 g/mol. The minimum atomic E-state index is -1.41. The van der Waals surface area contributed by atoms with E-state index >= 15 is 0 Å². The van der Waals surface area contributed by atoms with Gasteiger partial charge in [-0.2, -0.15) is 0 Å². The molecule has 3 heterocycles. The molecule has 2 fully saturated rings. The third-order valence-corrected chi connectivity index (χ3v) is 10.3. The number of amides is 6. The van der Waals surface area contributed by atoms with Gasteiger partial charge in [0.05, 0.1) is 0 Å². The van der Waals surface area contributed by atoms with Gasteiger partial charge in [0.25, 0.3) is 11.5 Å². The standard InChI is InChI=1S/C35H37N7O10S/c1-16(43)37-23(14-15-24(36)45)30(48)38-19-8-4-17(5-9-19)22-13-12-21(28(46)39-22)29(47)40-25(18-6-10-20(44)11-7-18)31(49)41-26-32(50)42-27(34(51)52)35(2,3)53-33(26)42/h4-13,23,25-27,33,44H,14-15H2,1-3H3,(H2,36,45)(H,37,43)(H,38,48)(H,39,46)(H,40,47)(H,41,49)(H,51,52)/t23-,25+,26+,27-,33+/m0/s1. The zero-order chi connectivity index (χ0) is 38.8. The number of carbonyl (C=O) groups is 7. The fourth-order valence-corrected chi connectivity index (χ4v) is 7.77. The molecule has 5 rings (SSSR count). The summed E-state index contributed by atoms with van der Waals surface area (Å²) < 4.78 is -0.826. The molecule has 0 radical (unpaired) electrons. The predicted octanol–water partition coefficient (Wildman–Crippen LogP) is 0.559. The van der Waals surface area contributed by atoms with Crippen molar-refractivity contribution < 1.29 is 43.8 Å². The van der Waals surface area contributed by atoms with E-state index in [1.165, 1.54) is 60.0 Å². The second-order valence-corrected chi connectivity index (χ2v) is 14.8. The number of fused-ring (bicyclic) bond motifs is 1. The number of primary amides is 1. The fourth-order valence-electron chi connectivity index (χ4n) is 6.14. The quantitative estimate of drug-likeness (QED) is 0.112. The molecule has 17 nitrogen and oxygen atoms in total. The number of rotatable bonds is 13. The van der Waals surface area contributed by atoms with E-state index in [1.807, 2.05) is 0 Å². The number of benzene rings is 2. The lowest BCUT2D eigenvalue weighted by Crippen LogP contribution is -2.71. The highest BCUT2D eigenvalue weighted by Gasteiger charge is 2.64. The molecule has 0 aliphatic carbocycles. The number of hydrogen-bond donors (Lipinski definition) is 8. The van der Waals surface area contributed by atoms with Crippen molar-refractivity contribution in [3.05, 3.63) is 82.1 Å². The van der Waals surface area contributed by atoms with E-state index in [0.717, 1.165) is 0 Å². The van der Waals surface area contributed by atoms with Crippen molar-refractivity contribution in [3.63, 3.8) is 0 Å². The number of aromatic nitrogens is 1. The van der Waals surface area contributed by atoms with Gasteiger partial charge in [0.1, 0.15) is 40.9 Å². The van der Waals surface area contributed by atoms with E-state index in [9.17, 15) is 48.6 Å². The van der Waals surface area contributed by atoms with Crippen LogP contribution >= 0.6 is 11.8 Å². The summed E-state index contributed by atoms with van der Waals surface area (Å²) in [5.74, 6) is -5.22. The number of carboxylic acid groups (broad SMARTS) is 1. The molecule has 2 aliphatic rings. The van der Waals surface area contributed by atoms with E-state index < -0.39 is 81.3 Å². The lowest BCUT2D eigenvalue weighted by molar-refractivity contribution is -0.161. The first-order valence-corrected chi connectivity index (χ1v) is 17.2. The number of hydrogen-bond acceptors (Lipinski definition) is 10. The molecule has 2 aromatic carbocycles. The van der Waals surface area contributed by atoms with Gasteiger partial charge < -0.3 is 47.1 Å². The van der Waals surface area contributed by atoms with Crippen molar-refractivity contribution in [2.24, 2.45) is 5.73 Å². The zero-order valence-electron chi connectivity index (χ0n) is 28.7. The number of phenols is 1. The lowest BCUT2D eigenvalue weighted by atomic mass is 9.95. The predicted molar refractivity (Wildman–Crippen MR) is 191 cm³/mol. The van der Waals surface area contributed by atoms with Crippen LogP contribution in [0.15, 0.2) is 65.5 Å². The summed E-state index contributed by atoms with van der Waals surface area (Å²) in [5.41, 5.74) is 5.47. The molecule has 2 aliphatic heterocycles. The Morgan fingerprint density at radius 1 is 0.943 bits per heavy atom. The molecule has 1 aromatic heterocycles. The van der Waals surface area contributed by atoms with Crippen molar-refractivity contribution in [2.45, 2.75) is 67.9 Å². The molecule has 53 heavy (non-hydrogen) atoms. The molecular weight excluding hydrogens is 710 g/mol. The number of aromatic amines is 1. The maximum Gasteiger partial charge on any atom is 0.327 e. The number of anilines is 1. The molecule has 6 amide bonds. The van der Waals surface area contributed by atoms with E-state index in [2.05, 4.69) is 26.3 Å². The number of phenolic OH excluding ortho intramolecular Hbond substituents is 1. The highest BCUT2D eigenvalue weighted by Crippen LogP contribution is 2.50. The molecule has 0 unspecified atom stereocenters. The van der Waals surface area contributed by atoms with Gasteiger partial charge >= 0.3 is 5.97 Å². The largest absolute Gasteiger partial charge is 0.508 e. The van der Waals surface area contributed by atoms with Crippen molar-refractivity contribution in [1.29, 1.82) is 0 Å². The average molecular weight is 748 g/mol. The third kappa shape index (κ3) is 8.33. The van der Waals surface area contributed by atoms with E-state index in [1.54, 1.807) is 38.1 Å². The van der Waals surface area contributed by atoms with Crippen LogP contribution in [0.1, 0.15) is 55.6 Å². The topological polar surface area (TPSA) is 270 Å². The minimum absolute atomic E-state index is 0.00633. The van der Waals surface area contributed by atoms with E-state index in [-0.39, 0.29) is 29.7 Å². The van der Waals surface area contributed by atoms with Crippen LogP contribution in [-0.2, 0) is 28.8 Å². The third-order valence-electron chi connectivity index (χ3n) is 8.73. The van der Waals surface area contributed by atoms with Gasteiger partial charge in [-0.15, -0.1) is 11.8 Å². The van der Waals surface area contributed by atoms with Gasteiger partial charge in [-0.1, -0.05) is 24.3 Å². The Balaban J connectivity index is 1.29. The number of carbonyl (C=O) groups excluding carboxylic acids is 6. The van der Waals surface area contributed by atoms with Crippen molar-refractivity contribution >= 4 is 58.9 Å². The SMILES string of the molecule is CC(=O)N[C@@H](CCC(N)=O)C(=O)Nc1ccc(-c2ccc(C(=O)N[C@@H](C(=O)N[C@@H]3C(=O)N4[C@@H]3SC(C)(C)[C@@H]4C(=O)O)c3ccc(O)cc3)c(=O)[nH]2)cc1. The molecule has 2 saturated heterocycles. The molecule has 0 saturated carbocycles. The summed E-state index contributed by atoms with van der Waals surface area (Å²) in [5, 5.41) is 29.1. The summed E-state index contributed by atoms with van der Waals surface area (Å²) in [4.78, 5) is 104. The number of pyridine rings is 1. The highest BCUT2D eigenvalue weighted by molar-refractivity contribution is 8.01. The van der Waals surface area contributed by atoms with Gasteiger partial charge in [-0.25, -0.2) is 4.79 Å². The van der Waals surface area contributed by atoms with Crippen LogP contribution in [0.2, 0.25) is 0 Å². The Kier molecular flexibility index (Phi) is 10.9. The Morgan fingerprint density at radius 3 is 2.19 bits per heavy atom. The smallest absolute Gasteiger partial charge is 0.327 e. The minimum Gasteiger partial charge on any atom is -0.508 e. The van der Waals surface area contributed by atoms with Crippen molar-refractivity contribution in [2.75, 3.05) is 5.32 Å². The molecule has 0 bridgehead atoms. The summed E-state index contributed by atoms with van der Waals surface area (Å²) >= 11 is 1.24. The maximum atomic E-state index is 13.6. The van der Waals surface area contributed by atoms with Gasteiger partial charge in [0.15, 0.2) is 0 Å². The fraction of sp³-hybridized carbons (Fsp3) is 0.314. The molecule has 0 spiro atoms.